The van der Waals surface area contributed by atoms with Gasteiger partial charge in [-0.25, -0.2) is 0 Å². The van der Waals surface area contributed by atoms with Gasteiger partial charge < -0.3 is 0 Å². The molecule has 1 saturated carbocycles. The number of Topliss-reactive ketones (excluding diaryl/α,β-unsaturated/α-hetero) is 2. The summed E-state index contributed by atoms with van der Waals surface area (Å²) >= 11 is 0. The normalized spacial score (nSPS) is 17.7. The van der Waals surface area contributed by atoms with Gasteiger partial charge in [-0.3, -0.25) is 19.9 Å². The van der Waals surface area contributed by atoms with Crippen LogP contribution in [0.2, 0.25) is 0 Å². The Morgan fingerprint density at radius 2 is 1.68 bits per heavy atom. The molecule has 0 aromatic rings. The van der Waals surface area contributed by atoms with Gasteiger partial charge in [-0.2, -0.15) is 0 Å². The van der Waals surface area contributed by atoms with Crippen LogP contribution in [0, 0.1) is 5.41 Å². The van der Waals surface area contributed by atoms with Gasteiger partial charge in [-0.1, -0.05) is 53.4 Å². The second kappa shape index (κ2) is 9.09. The first-order chi connectivity index (χ1) is 10.4. The van der Waals surface area contributed by atoms with E-state index < -0.39 is 0 Å². The minimum atomic E-state index is -0.226. The van der Waals surface area contributed by atoms with E-state index in [1.807, 2.05) is 20.8 Å². The molecular formula is C18H31NO3. The number of unbranched alkanes of at least 4 members (excludes halogenated alkanes) is 3. The van der Waals surface area contributed by atoms with Crippen LogP contribution < -0.4 is 5.48 Å². The third-order valence-electron chi connectivity index (χ3n) is 3.93. The zero-order chi connectivity index (χ0) is 16.6. The van der Waals surface area contributed by atoms with Gasteiger partial charge in [0.1, 0.15) is 0 Å². The third kappa shape index (κ3) is 5.91. The third-order valence-corrected chi connectivity index (χ3v) is 3.93. The average molecular weight is 309 g/mol. The number of hydroxylamine groups is 1. The topological polar surface area (TPSA) is 55.4 Å². The fourth-order valence-electron chi connectivity index (χ4n) is 2.82. The summed E-state index contributed by atoms with van der Waals surface area (Å²) in [6.07, 6.45) is 6.93. The van der Waals surface area contributed by atoms with Gasteiger partial charge in [0, 0.05) is 12.8 Å². The predicted octanol–water partition coefficient (Wildman–Crippen LogP) is 4.10. The lowest BCUT2D eigenvalue weighted by molar-refractivity contribution is -0.127. The fourth-order valence-corrected chi connectivity index (χ4v) is 2.82. The summed E-state index contributed by atoms with van der Waals surface area (Å²) in [5.41, 5.74) is 3.68. The molecule has 0 aromatic heterocycles. The van der Waals surface area contributed by atoms with Crippen molar-refractivity contribution in [1.82, 2.24) is 5.48 Å². The van der Waals surface area contributed by atoms with E-state index in [-0.39, 0.29) is 17.0 Å². The van der Waals surface area contributed by atoms with E-state index in [4.69, 9.17) is 4.84 Å². The molecule has 1 aliphatic rings. The van der Waals surface area contributed by atoms with Gasteiger partial charge in [0.2, 0.25) is 0 Å². The maximum atomic E-state index is 12.3. The summed E-state index contributed by atoms with van der Waals surface area (Å²) < 4.78 is 0. The first-order valence-corrected chi connectivity index (χ1v) is 8.58. The molecule has 0 unspecified atom stereocenters. The molecule has 0 saturated heterocycles. The van der Waals surface area contributed by atoms with E-state index in [1.54, 1.807) is 0 Å². The molecule has 1 rings (SSSR count). The zero-order valence-corrected chi connectivity index (χ0v) is 14.6. The summed E-state index contributed by atoms with van der Waals surface area (Å²) in [6.45, 7) is 8.75. The largest absolute Gasteiger partial charge is 0.294 e. The molecule has 0 bridgehead atoms. The molecule has 0 radical (unpaired) electrons. The van der Waals surface area contributed by atoms with Crippen molar-refractivity contribution in [3.05, 3.63) is 11.3 Å². The number of nitrogens with one attached hydrogen (secondary N) is 1. The molecule has 1 aliphatic carbocycles. The van der Waals surface area contributed by atoms with Crippen LogP contribution in [-0.2, 0) is 14.4 Å². The highest BCUT2D eigenvalue weighted by atomic mass is 16.6. The maximum absolute atomic E-state index is 12.3. The van der Waals surface area contributed by atoms with Crippen molar-refractivity contribution >= 4 is 11.6 Å². The molecule has 126 valence electrons. The lowest BCUT2D eigenvalue weighted by atomic mass is 9.73. The average Bonchev–Trinajstić information content (AvgIpc) is 2.40. The van der Waals surface area contributed by atoms with Crippen LogP contribution >= 0.6 is 0 Å². The number of ketones is 2. The minimum Gasteiger partial charge on any atom is -0.294 e. The molecule has 22 heavy (non-hydrogen) atoms. The van der Waals surface area contributed by atoms with Crippen LogP contribution in [0.1, 0.15) is 79.1 Å². The lowest BCUT2D eigenvalue weighted by Gasteiger charge is -2.29. The Morgan fingerprint density at radius 3 is 2.23 bits per heavy atom. The van der Waals surface area contributed by atoms with Crippen LogP contribution in [0.4, 0.5) is 0 Å². The minimum absolute atomic E-state index is 0.0493. The van der Waals surface area contributed by atoms with Gasteiger partial charge >= 0.3 is 0 Å². The van der Waals surface area contributed by atoms with Gasteiger partial charge in [0.25, 0.3) is 0 Å². The van der Waals surface area contributed by atoms with Gasteiger partial charge in [-0.05, 0) is 18.3 Å². The molecule has 1 fully saturated rings. The SMILES string of the molecule is CCCCCCONC(CCC)=C1C(=O)CC(C)(C)CC1=O. The van der Waals surface area contributed by atoms with Crippen molar-refractivity contribution < 1.29 is 14.4 Å². The number of carbonyl (C=O) groups is 2. The number of carbonyl (C=O) groups excluding carboxylic acids is 2. The van der Waals surface area contributed by atoms with Crippen LogP contribution in [0.25, 0.3) is 0 Å². The van der Waals surface area contributed by atoms with E-state index in [1.165, 1.54) is 12.8 Å². The lowest BCUT2D eigenvalue weighted by Crippen LogP contribution is -2.34. The maximum Gasteiger partial charge on any atom is 0.168 e. The van der Waals surface area contributed by atoms with E-state index in [9.17, 15) is 9.59 Å². The van der Waals surface area contributed by atoms with Crippen LogP contribution in [-0.4, -0.2) is 18.2 Å². The first-order valence-electron chi connectivity index (χ1n) is 8.58. The quantitative estimate of drug-likeness (QED) is 0.301. The second-order valence-corrected chi connectivity index (χ2v) is 6.98. The van der Waals surface area contributed by atoms with Crippen LogP contribution in [0.3, 0.4) is 0 Å². The summed E-state index contributed by atoms with van der Waals surface area (Å²) in [5, 5.41) is 0. The molecule has 0 atom stereocenters. The summed E-state index contributed by atoms with van der Waals surface area (Å²) in [6, 6.07) is 0. The van der Waals surface area contributed by atoms with E-state index in [2.05, 4.69) is 12.4 Å². The molecule has 1 N–H and O–H groups in total. The zero-order valence-electron chi connectivity index (χ0n) is 14.6. The van der Waals surface area contributed by atoms with Crippen molar-refractivity contribution in [3.63, 3.8) is 0 Å². The van der Waals surface area contributed by atoms with Gasteiger partial charge in [0.05, 0.1) is 17.9 Å². The Balaban J connectivity index is 2.67. The molecule has 0 aliphatic heterocycles. The molecule has 0 spiro atoms. The van der Waals surface area contributed by atoms with E-state index >= 15 is 0 Å². The van der Waals surface area contributed by atoms with E-state index in [0.29, 0.717) is 37.1 Å². The highest BCUT2D eigenvalue weighted by molar-refractivity contribution is 6.22. The monoisotopic (exact) mass is 309 g/mol. The van der Waals surface area contributed by atoms with Crippen molar-refractivity contribution in [2.24, 2.45) is 5.41 Å². The van der Waals surface area contributed by atoms with Crippen LogP contribution in [0.15, 0.2) is 11.3 Å². The number of allylic oxidation sites excluding steroid dienone is 2. The number of rotatable bonds is 9. The highest BCUT2D eigenvalue weighted by Gasteiger charge is 2.37. The number of hydrogen-bond acceptors (Lipinski definition) is 4. The predicted molar refractivity (Wildman–Crippen MR) is 88.2 cm³/mol. The van der Waals surface area contributed by atoms with Crippen molar-refractivity contribution in [2.75, 3.05) is 6.61 Å². The molecule has 4 nitrogen and oxygen atoms in total. The van der Waals surface area contributed by atoms with Gasteiger partial charge in [0.15, 0.2) is 11.6 Å². The van der Waals surface area contributed by atoms with Crippen molar-refractivity contribution in [1.29, 1.82) is 0 Å². The summed E-state index contributed by atoms with van der Waals surface area (Å²) in [5.74, 6) is -0.0986. The first kappa shape index (κ1) is 18.9. The molecule has 0 aromatic carbocycles. The fraction of sp³-hybridized carbons (Fsp3) is 0.778. The van der Waals surface area contributed by atoms with E-state index in [0.717, 1.165) is 19.3 Å². The molecule has 4 heteroatoms. The smallest absolute Gasteiger partial charge is 0.168 e. The second-order valence-electron chi connectivity index (χ2n) is 6.98. The Hall–Kier alpha value is -1.16. The molecule has 0 amide bonds. The Labute approximate surface area is 134 Å². The van der Waals surface area contributed by atoms with Crippen molar-refractivity contribution in [3.8, 4) is 0 Å². The summed E-state index contributed by atoms with van der Waals surface area (Å²) in [4.78, 5) is 30.2. The summed E-state index contributed by atoms with van der Waals surface area (Å²) in [7, 11) is 0. The number of hydrogen-bond donors (Lipinski definition) is 1. The standard InChI is InChI=1S/C18H31NO3/c1-5-7-8-9-11-22-19-14(10-6-2)17-15(20)12-18(3,4)13-16(17)21/h19H,5-13H2,1-4H3. The Bertz CT molecular complexity index is 402. The van der Waals surface area contributed by atoms with Crippen LogP contribution in [0.5, 0.6) is 0 Å². The van der Waals surface area contributed by atoms with Crippen molar-refractivity contribution in [2.45, 2.75) is 79.1 Å². The Kier molecular flexibility index (Phi) is 7.80. The molecule has 0 heterocycles. The molecular weight excluding hydrogens is 278 g/mol. The Morgan fingerprint density at radius 1 is 1.05 bits per heavy atom. The van der Waals surface area contributed by atoms with Gasteiger partial charge in [-0.15, -0.1) is 0 Å². The highest BCUT2D eigenvalue weighted by Crippen LogP contribution is 2.34.